The van der Waals surface area contributed by atoms with E-state index in [1.54, 1.807) is 0 Å². The highest BCUT2D eigenvalue weighted by Gasteiger charge is 2.23. The van der Waals surface area contributed by atoms with Crippen LogP contribution >= 0.6 is 11.3 Å². The Hall–Kier alpha value is -8.19. The number of para-hydroxylation sites is 2. The van der Waals surface area contributed by atoms with E-state index < -0.39 is 0 Å². The van der Waals surface area contributed by atoms with Gasteiger partial charge in [0, 0.05) is 58.4 Å². The van der Waals surface area contributed by atoms with E-state index in [0.717, 1.165) is 82.7 Å². The third kappa shape index (κ3) is 6.18. The lowest BCUT2D eigenvalue weighted by Crippen LogP contribution is -2.07. The molecule has 12 aromatic rings. The lowest BCUT2D eigenvalue weighted by molar-refractivity contribution is 0.669. The van der Waals surface area contributed by atoms with Crippen LogP contribution in [0.4, 0.5) is 0 Å². The van der Waals surface area contributed by atoms with Crippen molar-refractivity contribution in [1.82, 2.24) is 19.5 Å². The van der Waals surface area contributed by atoms with Crippen LogP contribution in [0.15, 0.2) is 211 Å². The molecule has 0 saturated carbocycles. The Bertz CT molecular complexity index is 3890. The molecule has 8 aromatic carbocycles. The molecule has 12 rings (SSSR count). The quantitative estimate of drug-likeness (QED) is 0.143. The summed E-state index contributed by atoms with van der Waals surface area (Å²) in [7, 11) is 0. The Kier molecular flexibility index (Phi) is 8.99. The van der Waals surface area contributed by atoms with Crippen LogP contribution in [-0.4, -0.2) is 19.5 Å². The molecule has 0 aliphatic carbocycles. The standard InChI is InChI=1S/C58H38N4OS/c1-3-5-17-36(4-2)41-33-47(39-21-15-20-38(32-39)42-25-16-29-53-54(42)46-24-11-14-28-52(46)64-53)55-48(34-41)43-22-9-12-26-49(43)62(55)58-60-56(37-18-7-6-8-19-37)59-57(61-58)40-30-31-45-44-23-10-13-27-50(44)63-51(45)35-40/h3-35H,2H2,1H3/b5-3-,36-17+. The van der Waals surface area contributed by atoms with Crippen molar-refractivity contribution in [2.24, 2.45) is 0 Å². The van der Waals surface area contributed by atoms with Gasteiger partial charge in [-0.2, -0.15) is 9.97 Å². The van der Waals surface area contributed by atoms with Gasteiger partial charge in [0.25, 0.3) is 0 Å². The molecule has 0 fully saturated rings. The highest BCUT2D eigenvalue weighted by atomic mass is 32.1. The van der Waals surface area contributed by atoms with Crippen molar-refractivity contribution in [3.63, 3.8) is 0 Å². The lowest BCUT2D eigenvalue weighted by Gasteiger charge is -2.15. The fraction of sp³-hybridized carbons (Fsp3) is 0.0172. The van der Waals surface area contributed by atoms with Crippen molar-refractivity contribution in [2.45, 2.75) is 6.92 Å². The molecule has 0 aliphatic rings. The molecule has 0 amide bonds. The van der Waals surface area contributed by atoms with Crippen LogP contribution in [0.1, 0.15) is 12.5 Å². The maximum atomic E-state index is 6.37. The first-order chi connectivity index (χ1) is 31.6. The number of fused-ring (bicyclic) bond motifs is 9. The number of rotatable bonds is 8. The zero-order valence-corrected chi connectivity index (χ0v) is 35.7. The fourth-order valence-corrected chi connectivity index (χ4v) is 10.4. The second-order valence-corrected chi connectivity index (χ2v) is 17.0. The van der Waals surface area contributed by atoms with Crippen molar-refractivity contribution in [3.05, 3.63) is 212 Å². The largest absolute Gasteiger partial charge is 0.456 e. The van der Waals surface area contributed by atoms with Crippen molar-refractivity contribution < 1.29 is 4.42 Å². The average Bonchev–Trinajstić information content (AvgIpc) is 4.04. The third-order valence-electron chi connectivity index (χ3n) is 12.2. The van der Waals surface area contributed by atoms with Gasteiger partial charge < -0.3 is 4.42 Å². The number of furan rings is 1. The highest BCUT2D eigenvalue weighted by molar-refractivity contribution is 7.25. The number of hydrogen-bond donors (Lipinski definition) is 0. The Labute approximate surface area is 373 Å². The number of allylic oxidation sites excluding steroid dienone is 5. The van der Waals surface area contributed by atoms with Crippen molar-refractivity contribution >= 4 is 80.8 Å². The predicted octanol–water partition coefficient (Wildman–Crippen LogP) is 16.0. The molecule has 0 aliphatic heterocycles. The molecule has 302 valence electrons. The van der Waals surface area contributed by atoms with Gasteiger partial charge in [-0.3, -0.25) is 4.57 Å². The number of benzene rings is 8. The van der Waals surface area contributed by atoms with Crippen LogP contribution in [0.5, 0.6) is 0 Å². The molecule has 4 aromatic heterocycles. The predicted molar refractivity (Wildman–Crippen MR) is 269 cm³/mol. The summed E-state index contributed by atoms with van der Waals surface area (Å²) in [4.78, 5) is 15.8. The Balaban J connectivity index is 1.15. The van der Waals surface area contributed by atoms with Gasteiger partial charge in [0.05, 0.1) is 11.0 Å². The molecule has 64 heavy (non-hydrogen) atoms. The summed E-state index contributed by atoms with van der Waals surface area (Å²) in [5, 5.41) is 6.85. The fourth-order valence-electron chi connectivity index (χ4n) is 9.22. The maximum Gasteiger partial charge on any atom is 0.238 e. The first-order valence-electron chi connectivity index (χ1n) is 21.4. The second kappa shape index (κ2) is 15.3. The first-order valence-corrected chi connectivity index (χ1v) is 22.2. The minimum absolute atomic E-state index is 0.521. The van der Waals surface area contributed by atoms with Crippen LogP contribution in [0.2, 0.25) is 0 Å². The van der Waals surface area contributed by atoms with E-state index in [-0.39, 0.29) is 0 Å². The van der Waals surface area contributed by atoms with Crippen LogP contribution < -0.4 is 0 Å². The molecular weight excluding hydrogens is 801 g/mol. The Morgan fingerprint density at radius 1 is 0.547 bits per heavy atom. The molecule has 0 spiro atoms. The molecule has 0 atom stereocenters. The molecule has 6 heteroatoms. The minimum atomic E-state index is 0.521. The van der Waals surface area contributed by atoms with Gasteiger partial charge in [-0.25, -0.2) is 4.98 Å². The topological polar surface area (TPSA) is 56.7 Å². The Morgan fingerprint density at radius 2 is 1.23 bits per heavy atom. The molecule has 0 unspecified atom stereocenters. The van der Waals surface area contributed by atoms with E-state index in [2.05, 4.69) is 145 Å². The van der Waals surface area contributed by atoms with Crippen molar-refractivity contribution in [3.8, 4) is 51.0 Å². The highest BCUT2D eigenvalue weighted by Crippen LogP contribution is 2.44. The van der Waals surface area contributed by atoms with E-state index >= 15 is 0 Å². The molecule has 0 bridgehead atoms. The van der Waals surface area contributed by atoms with Gasteiger partial charge >= 0.3 is 0 Å². The van der Waals surface area contributed by atoms with E-state index in [4.69, 9.17) is 19.4 Å². The zero-order valence-electron chi connectivity index (χ0n) is 34.9. The van der Waals surface area contributed by atoms with Gasteiger partial charge in [-0.05, 0) is 89.3 Å². The summed E-state index contributed by atoms with van der Waals surface area (Å²) in [5.74, 6) is 1.65. The molecule has 4 heterocycles. The van der Waals surface area contributed by atoms with E-state index in [0.29, 0.717) is 17.6 Å². The monoisotopic (exact) mass is 838 g/mol. The average molecular weight is 839 g/mol. The van der Waals surface area contributed by atoms with E-state index in [1.165, 1.54) is 25.7 Å². The van der Waals surface area contributed by atoms with Crippen LogP contribution in [0.3, 0.4) is 0 Å². The molecule has 0 saturated heterocycles. The maximum absolute atomic E-state index is 6.37. The van der Waals surface area contributed by atoms with Crippen molar-refractivity contribution in [1.29, 1.82) is 0 Å². The van der Waals surface area contributed by atoms with Gasteiger partial charge in [-0.1, -0.05) is 152 Å². The molecule has 0 radical (unpaired) electrons. The summed E-state index contributed by atoms with van der Waals surface area (Å²) in [5.41, 5.74) is 11.9. The summed E-state index contributed by atoms with van der Waals surface area (Å²) in [6.45, 7) is 6.29. The number of nitrogens with zero attached hydrogens (tertiary/aromatic N) is 4. The van der Waals surface area contributed by atoms with Gasteiger partial charge in [0.15, 0.2) is 11.6 Å². The summed E-state index contributed by atoms with van der Waals surface area (Å²) in [6.07, 6.45) is 8.17. The van der Waals surface area contributed by atoms with Gasteiger partial charge in [0.2, 0.25) is 5.95 Å². The molecule has 5 nitrogen and oxygen atoms in total. The first kappa shape index (κ1) is 37.6. The van der Waals surface area contributed by atoms with Crippen LogP contribution in [0, 0.1) is 0 Å². The summed E-state index contributed by atoms with van der Waals surface area (Å²) >= 11 is 1.84. The number of aromatic nitrogens is 4. The molecular formula is C58H38N4OS. The second-order valence-electron chi connectivity index (χ2n) is 15.9. The summed E-state index contributed by atoms with van der Waals surface area (Å²) in [6, 6.07) is 61.9. The number of thiophene rings is 1. The van der Waals surface area contributed by atoms with Crippen LogP contribution in [0.25, 0.3) is 120 Å². The van der Waals surface area contributed by atoms with Crippen molar-refractivity contribution in [2.75, 3.05) is 0 Å². The minimum Gasteiger partial charge on any atom is -0.456 e. The van der Waals surface area contributed by atoms with Gasteiger partial charge in [-0.15, -0.1) is 11.3 Å². The SMILES string of the molecule is C=C/C(=C\C=C/C)c1cc(-c2cccc(-c3cccc4sc5ccccc5c34)c2)c2c(c1)c1ccccc1n2-c1nc(-c2ccccc2)nc(-c2ccc3c(c2)oc2ccccc23)n1. The van der Waals surface area contributed by atoms with E-state index in [9.17, 15) is 0 Å². The third-order valence-corrected chi connectivity index (χ3v) is 13.3. The normalized spacial score (nSPS) is 12.2. The smallest absolute Gasteiger partial charge is 0.238 e. The van der Waals surface area contributed by atoms with E-state index in [1.807, 2.05) is 85.0 Å². The zero-order chi connectivity index (χ0) is 42.7. The lowest BCUT2D eigenvalue weighted by atomic mass is 9.92. The van der Waals surface area contributed by atoms with Crippen LogP contribution in [-0.2, 0) is 0 Å². The summed E-state index contributed by atoms with van der Waals surface area (Å²) < 4.78 is 11.2. The Morgan fingerprint density at radius 3 is 2.08 bits per heavy atom. The van der Waals surface area contributed by atoms with Gasteiger partial charge in [0.1, 0.15) is 11.2 Å². The number of hydrogen-bond acceptors (Lipinski definition) is 5. The molecule has 0 N–H and O–H groups in total.